The molecule has 0 bridgehead atoms. The van der Waals surface area contributed by atoms with Gasteiger partial charge in [-0.3, -0.25) is 4.79 Å². The van der Waals surface area contributed by atoms with Crippen molar-refractivity contribution in [3.05, 3.63) is 65.0 Å². The Kier molecular flexibility index (Phi) is 2.22. The number of pyridine rings is 1. The van der Waals surface area contributed by atoms with E-state index in [0.717, 1.165) is 5.56 Å². The smallest absolute Gasteiger partial charge is 0.230 e. The average molecular weight is 223 g/mol. The molecular formula is C14H9NO2. The van der Waals surface area contributed by atoms with E-state index in [1.54, 1.807) is 18.3 Å². The van der Waals surface area contributed by atoms with Crippen LogP contribution < -0.4 is 5.43 Å². The van der Waals surface area contributed by atoms with Crippen molar-refractivity contribution in [1.29, 1.82) is 0 Å². The van der Waals surface area contributed by atoms with Crippen LogP contribution in [0.1, 0.15) is 0 Å². The highest BCUT2D eigenvalue weighted by molar-refractivity contribution is 5.74. The van der Waals surface area contributed by atoms with Gasteiger partial charge in [-0.1, -0.05) is 30.3 Å². The number of hydrogen-bond donors (Lipinski definition) is 0. The maximum absolute atomic E-state index is 11.9. The molecule has 0 amide bonds. The van der Waals surface area contributed by atoms with Crippen LogP contribution in [0.25, 0.3) is 22.4 Å². The fourth-order valence-electron chi connectivity index (χ4n) is 1.73. The minimum Gasteiger partial charge on any atom is -0.437 e. The molecule has 82 valence electrons. The Hall–Kier alpha value is -2.42. The Morgan fingerprint density at radius 2 is 1.82 bits per heavy atom. The zero-order valence-corrected chi connectivity index (χ0v) is 8.96. The number of benzene rings is 1. The quantitative estimate of drug-likeness (QED) is 0.637. The predicted octanol–water partition coefficient (Wildman–Crippen LogP) is 2.86. The van der Waals surface area contributed by atoms with Crippen molar-refractivity contribution >= 4 is 11.1 Å². The highest BCUT2D eigenvalue weighted by Gasteiger charge is 2.06. The molecule has 0 fully saturated rings. The van der Waals surface area contributed by atoms with Gasteiger partial charge in [-0.05, 0) is 12.1 Å². The highest BCUT2D eigenvalue weighted by atomic mass is 16.3. The van der Waals surface area contributed by atoms with Gasteiger partial charge in [0.15, 0.2) is 5.43 Å². The largest absolute Gasteiger partial charge is 0.437 e. The monoisotopic (exact) mass is 223 g/mol. The third-order valence-electron chi connectivity index (χ3n) is 2.56. The van der Waals surface area contributed by atoms with Gasteiger partial charge in [-0.15, -0.1) is 0 Å². The summed E-state index contributed by atoms with van der Waals surface area (Å²) in [4.78, 5) is 15.9. The van der Waals surface area contributed by atoms with Gasteiger partial charge >= 0.3 is 0 Å². The molecule has 0 saturated carbocycles. The van der Waals surface area contributed by atoms with E-state index >= 15 is 0 Å². The molecule has 0 radical (unpaired) electrons. The Bertz CT molecular complexity index is 717. The fourth-order valence-corrected chi connectivity index (χ4v) is 1.73. The lowest BCUT2D eigenvalue weighted by molar-refractivity contribution is 0.605. The van der Waals surface area contributed by atoms with Gasteiger partial charge in [0.2, 0.25) is 5.71 Å². The van der Waals surface area contributed by atoms with Gasteiger partial charge < -0.3 is 4.42 Å². The highest BCUT2D eigenvalue weighted by Crippen LogP contribution is 2.20. The molecule has 3 nitrogen and oxygen atoms in total. The van der Waals surface area contributed by atoms with Gasteiger partial charge in [0, 0.05) is 17.8 Å². The molecule has 0 aliphatic rings. The zero-order valence-electron chi connectivity index (χ0n) is 8.96. The minimum atomic E-state index is -0.0711. The van der Waals surface area contributed by atoms with Gasteiger partial charge in [-0.2, -0.15) is 0 Å². The van der Waals surface area contributed by atoms with Crippen LogP contribution in [-0.4, -0.2) is 4.98 Å². The van der Waals surface area contributed by atoms with Crippen LogP contribution in [0.4, 0.5) is 0 Å². The number of rotatable bonds is 1. The number of nitrogens with zero attached hydrogens (tertiary/aromatic N) is 1. The van der Waals surface area contributed by atoms with E-state index < -0.39 is 0 Å². The molecular weight excluding hydrogens is 214 g/mol. The summed E-state index contributed by atoms with van der Waals surface area (Å²) in [5.74, 6) is 0.543. The summed E-state index contributed by atoms with van der Waals surface area (Å²) in [5.41, 5.74) is 1.18. The van der Waals surface area contributed by atoms with Crippen molar-refractivity contribution in [1.82, 2.24) is 4.98 Å². The lowest BCUT2D eigenvalue weighted by Gasteiger charge is -2.01. The number of hydrogen-bond acceptors (Lipinski definition) is 3. The van der Waals surface area contributed by atoms with E-state index in [1.165, 1.54) is 6.07 Å². The Morgan fingerprint density at radius 1 is 1.00 bits per heavy atom. The molecule has 3 rings (SSSR count). The van der Waals surface area contributed by atoms with Crippen molar-refractivity contribution in [2.24, 2.45) is 0 Å². The molecule has 0 saturated heterocycles. The molecule has 0 aliphatic carbocycles. The van der Waals surface area contributed by atoms with Crippen molar-refractivity contribution in [3.63, 3.8) is 0 Å². The first-order chi connectivity index (χ1) is 8.34. The van der Waals surface area contributed by atoms with E-state index in [9.17, 15) is 4.79 Å². The van der Waals surface area contributed by atoms with Crippen LogP contribution >= 0.6 is 0 Å². The standard InChI is InChI=1S/C14H9NO2/c16-12-9-13(10-5-2-1-3-6-10)17-14-11(12)7-4-8-15-14/h1-9H. The first kappa shape index (κ1) is 9.78. The molecule has 0 aliphatic heterocycles. The summed E-state index contributed by atoms with van der Waals surface area (Å²) in [6, 6.07) is 14.4. The van der Waals surface area contributed by atoms with Gasteiger partial charge in [0.1, 0.15) is 5.76 Å². The maximum atomic E-state index is 11.9. The third-order valence-corrected chi connectivity index (χ3v) is 2.56. The SMILES string of the molecule is O=c1cc(-c2ccccc2)oc2ncccc12. The van der Waals surface area contributed by atoms with E-state index in [0.29, 0.717) is 16.9 Å². The molecule has 2 aromatic heterocycles. The minimum absolute atomic E-state index is 0.0711. The second kappa shape index (κ2) is 3.87. The second-order valence-corrected chi connectivity index (χ2v) is 3.70. The molecule has 0 N–H and O–H groups in total. The molecule has 2 heterocycles. The molecule has 3 aromatic rings. The normalized spacial score (nSPS) is 10.6. The lowest BCUT2D eigenvalue weighted by Crippen LogP contribution is -2.00. The molecule has 0 unspecified atom stereocenters. The summed E-state index contributed by atoms with van der Waals surface area (Å²) in [7, 11) is 0. The molecule has 0 spiro atoms. The number of fused-ring (bicyclic) bond motifs is 1. The molecule has 17 heavy (non-hydrogen) atoms. The van der Waals surface area contributed by atoms with Gasteiger partial charge in [0.25, 0.3) is 0 Å². The second-order valence-electron chi connectivity index (χ2n) is 3.70. The Labute approximate surface area is 97.4 Å². The average Bonchev–Trinajstić information content (AvgIpc) is 2.40. The summed E-state index contributed by atoms with van der Waals surface area (Å²) in [6.07, 6.45) is 1.61. The van der Waals surface area contributed by atoms with Crippen LogP contribution in [0.3, 0.4) is 0 Å². The third kappa shape index (κ3) is 1.72. The van der Waals surface area contributed by atoms with Crippen molar-refractivity contribution in [3.8, 4) is 11.3 Å². The van der Waals surface area contributed by atoms with Crippen LogP contribution in [0.2, 0.25) is 0 Å². The first-order valence-corrected chi connectivity index (χ1v) is 5.29. The predicted molar refractivity (Wildman–Crippen MR) is 65.7 cm³/mol. The Balaban J connectivity index is 2.30. The van der Waals surface area contributed by atoms with Crippen LogP contribution in [0, 0.1) is 0 Å². The van der Waals surface area contributed by atoms with Crippen molar-refractivity contribution < 1.29 is 4.42 Å². The first-order valence-electron chi connectivity index (χ1n) is 5.29. The summed E-state index contributed by atoms with van der Waals surface area (Å²) >= 11 is 0. The van der Waals surface area contributed by atoms with Gasteiger partial charge in [-0.25, -0.2) is 4.98 Å². The van der Waals surface area contributed by atoms with Crippen molar-refractivity contribution in [2.45, 2.75) is 0 Å². The Morgan fingerprint density at radius 3 is 2.65 bits per heavy atom. The lowest BCUT2D eigenvalue weighted by atomic mass is 10.1. The number of aromatic nitrogens is 1. The van der Waals surface area contributed by atoms with E-state index in [-0.39, 0.29) is 5.43 Å². The fraction of sp³-hybridized carbons (Fsp3) is 0. The van der Waals surface area contributed by atoms with E-state index in [2.05, 4.69) is 4.98 Å². The summed E-state index contributed by atoms with van der Waals surface area (Å²) in [6.45, 7) is 0. The van der Waals surface area contributed by atoms with Gasteiger partial charge in [0.05, 0.1) is 5.39 Å². The maximum Gasteiger partial charge on any atom is 0.230 e. The summed E-state index contributed by atoms with van der Waals surface area (Å²) < 4.78 is 5.62. The van der Waals surface area contributed by atoms with E-state index in [4.69, 9.17) is 4.42 Å². The molecule has 3 heteroatoms. The zero-order chi connectivity index (χ0) is 11.7. The topological polar surface area (TPSA) is 43.1 Å². The van der Waals surface area contributed by atoms with Crippen LogP contribution in [0.5, 0.6) is 0 Å². The van der Waals surface area contributed by atoms with Crippen molar-refractivity contribution in [2.75, 3.05) is 0 Å². The van der Waals surface area contributed by atoms with Crippen LogP contribution in [-0.2, 0) is 0 Å². The van der Waals surface area contributed by atoms with E-state index in [1.807, 2.05) is 30.3 Å². The molecule has 1 aromatic carbocycles. The molecule has 0 atom stereocenters. The summed E-state index contributed by atoms with van der Waals surface area (Å²) in [5, 5.41) is 0.507. The van der Waals surface area contributed by atoms with Crippen LogP contribution in [0.15, 0.2) is 63.9 Å².